The van der Waals surface area contributed by atoms with Crippen molar-refractivity contribution in [3.8, 4) is 16.9 Å². The number of Topliss-reactive ketones (excluding diaryl/α,β-unsaturated/α-hetero) is 1. The summed E-state index contributed by atoms with van der Waals surface area (Å²) in [5.41, 5.74) is -1.24. The number of rotatable bonds is 5. The molecule has 9 heteroatoms. The number of carbonyl (C=O) groups is 2. The summed E-state index contributed by atoms with van der Waals surface area (Å²) in [6, 6.07) is 6.18. The summed E-state index contributed by atoms with van der Waals surface area (Å²) in [6.45, 7) is 1.67. The minimum atomic E-state index is -4.71. The Balaban J connectivity index is 2.01. The van der Waals surface area contributed by atoms with E-state index >= 15 is 0 Å². The molecule has 0 saturated heterocycles. The Bertz CT molecular complexity index is 1150. The lowest BCUT2D eigenvalue weighted by Crippen LogP contribution is -2.10. The Labute approximate surface area is 172 Å². The molecule has 0 aliphatic rings. The minimum absolute atomic E-state index is 0.0369. The van der Waals surface area contributed by atoms with Crippen molar-refractivity contribution in [2.45, 2.75) is 19.5 Å². The van der Waals surface area contributed by atoms with E-state index in [1.165, 1.54) is 17.5 Å². The van der Waals surface area contributed by atoms with Crippen molar-refractivity contribution in [2.75, 3.05) is 0 Å². The van der Waals surface area contributed by atoms with Gasteiger partial charge in [-0.25, -0.2) is 9.18 Å². The first-order valence-corrected chi connectivity index (χ1v) is 9.40. The highest BCUT2D eigenvalue weighted by molar-refractivity contribution is 7.11. The maximum absolute atomic E-state index is 14.3. The number of thiophene rings is 1. The quantitative estimate of drug-likeness (QED) is 0.395. The van der Waals surface area contributed by atoms with Gasteiger partial charge >= 0.3 is 12.1 Å². The Morgan fingerprint density at radius 1 is 1.07 bits per heavy atom. The maximum Gasteiger partial charge on any atom is 0.416 e. The van der Waals surface area contributed by atoms with Crippen LogP contribution in [0.1, 0.15) is 36.7 Å². The number of hydrogen-bond donors (Lipinski definition) is 2. The third-order valence-corrected chi connectivity index (χ3v) is 5.43. The first-order valence-electron chi connectivity index (χ1n) is 8.52. The number of benzene rings is 2. The average Bonchev–Trinajstić information content (AvgIpc) is 3.04. The van der Waals surface area contributed by atoms with Crippen molar-refractivity contribution < 1.29 is 37.4 Å². The summed E-state index contributed by atoms with van der Waals surface area (Å²) in [6.07, 6.45) is -5.28. The van der Waals surface area contributed by atoms with Crippen molar-refractivity contribution in [1.29, 1.82) is 0 Å². The number of alkyl halides is 3. The zero-order valence-electron chi connectivity index (χ0n) is 15.4. The second kappa shape index (κ2) is 7.91. The molecule has 0 aliphatic carbocycles. The van der Waals surface area contributed by atoms with E-state index in [-0.39, 0.29) is 21.6 Å². The fraction of sp³-hybridized carbons (Fsp3) is 0.143. The number of halogens is 4. The molecule has 0 unspecified atom stereocenters. The molecule has 0 radical (unpaired) electrons. The van der Waals surface area contributed by atoms with Crippen molar-refractivity contribution in [3.05, 3.63) is 74.7 Å². The van der Waals surface area contributed by atoms with E-state index in [4.69, 9.17) is 0 Å². The number of ketones is 1. The largest absolute Gasteiger partial charge is 0.507 e. The minimum Gasteiger partial charge on any atom is -0.507 e. The molecule has 0 atom stereocenters. The van der Waals surface area contributed by atoms with Gasteiger partial charge in [-0.3, -0.25) is 4.79 Å². The number of aromatic carboxylic acids is 1. The van der Waals surface area contributed by atoms with Crippen molar-refractivity contribution in [1.82, 2.24) is 0 Å². The van der Waals surface area contributed by atoms with Crippen LogP contribution in [0.15, 0.2) is 41.8 Å². The second-order valence-corrected chi connectivity index (χ2v) is 7.53. The molecular weight excluding hydrogens is 424 g/mol. The Morgan fingerprint density at radius 2 is 1.77 bits per heavy atom. The van der Waals surface area contributed by atoms with E-state index in [1.807, 2.05) is 0 Å². The molecule has 1 heterocycles. The lowest BCUT2D eigenvalue weighted by atomic mass is 9.98. The van der Waals surface area contributed by atoms with Crippen LogP contribution in [0.4, 0.5) is 17.6 Å². The predicted octanol–water partition coefficient (Wildman–Crippen LogP) is 5.71. The molecule has 156 valence electrons. The number of hydrogen-bond acceptors (Lipinski definition) is 4. The molecule has 2 N–H and O–H groups in total. The number of aryl methyl sites for hydroxylation is 1. The first-order chi connectivity index (χ1) is 14.0. The van der Waals surface area contributed by atoms with Crippen LogP contribution in [-0.2, 0) is 12.6 Å². The van der Waals surface area contributed by atoms with Gasteiger partial charge in [-0.1, -0.05) is 12.1 Å². The fourth-order valence-corrected chi connectivity index (χ4v) is 4.01. The fourth-order valence-electron chi connectivity index (χ4n) is 2.98. The normalized spacial score (nSPS) is 11.5. The third-order valence-electron chi connectivity index (χ3n) is 4.44. The van der Waals surface area contributed by atoms with Crippen molar-refractivity contribution in [3.63, 3.8) is 0 Å². The number of aromatic hydroxyl groups is 1. The van der Waals surface area contributed by atoms with Gasteiger partial charge in [0.2, 0.25) is 0 Å². The number of carbonyl (C=O) groups excluding carboxylic acids is 1. The molecule has 0 bridgehead atoms. The van der Waals surface area contributed by atoms with Crippen LogP contribution in [0.25, 0.3) is 11.1 Å². The van der Waals surface area contributed by atoms with Crippen LogP contribution in [0.5, 0.6) is 5.75 Å². The molecule has 3 aromatic rings. The summed E-state index contributed by atoms with van der Waals surface area (Å²) in [5, 5.41) is 20.8. The Hall–Kier alpha value is -3.20. The number of phenolic OH excluding ortho intramolecular Hbond substituents is 1. The summed E-state index contributed by atoms with van der Waals surface area (Å²) in [4.78, 5) is 24.4. The molecule has 3 rings (SSSR count). The number of carboxylic acids is 1. The van der Waals surface area contributed by atoms with Crippen LogP contribution in [0, 0.1) is 12.7 Å². The van der Waals surface area contributed by atoms with Crippen LogP contribution in [0.3, 0.4) is 0 Å². The van der Waals surface area contributed by atoms with Gasteiger partial charge < -0.3 is 10.2 Å². The second-order valence-electron chi connectivity index (χ2n) is 6.57. The standard InChI is InChI=1S/C21H14F4O4S/c1-10-2-4-12(15(22)6-10)14-9-30-18(19(14)20(28)29)8-17(27)13-7-11(21(23,24)25)3-5-16(13)26/h2-7,9,26H,8H2,1H3,(H,28,29). The van der Waals surface area contributed by atoms with E-state index in [0.717, 1.165) is 17.4 Å². The van der Waals surface area contributed by atoms with E-state index < -0.39 is 47.0 Å². The summed E-state index contributed by atoms with van der Waals surface area (Å²) in [7, 11) is 0. The molecule has 2 aromatic carbocycles. The summed E-state index contributed by atoms with van der Waals surface area (Å²) in [5.74, 6) is -3.57. The van der Waals surface area contributed by atoms with Crippen molar-refractivity contribution in [2.24, 2.45) is 0 Å². The van der Waals surface area contributed by atoms with E-state index in [0.29, 0.717) is 17.7 Å². The third kappa shape index (κ3) is 4.20. The lowest BCUT2D eigenvalue weighted by Gasteiger charge is -2.10. The zero-order chi connectivity index (χ0) is 22.2. The smallest absolute Gasteiger partial charge is 0.416 e. The van der Waals surface area contributed by atoms with Gasteiger partial charge in [0, 0.05) is 22.4 Å². The topological polar surface area (TPSA) is 74.6 Å². The van der Waals surface area contributed by atoms with Crippen LogP contribution < -0.4 is 0 Å². The highest BCUT2D eigenvalue weighted by Crippen LogP contribution is 2.36. The molecule has 0 spiro atoms. The number of phenols is 1. The molecular formula is C21H14F4O4S. The van der Waals surface area contributed by atoms with Gasteiger partial charge in [-0.2, -0.15) is 13.2 Å². The van der Waals surface area contributed by atoms with E-state index in [9.17, 15) is 37.4 Å². The Morgan fingerprint density at radius 3 is 2.37 bits per heavy atom. The van der Waals surface area contributed by atoms with Gasteiger partial charge in [0.1, 0.15) is 11.6 Å². The Kier molecular flexibility index (Phi) is 5.67. The monoisotopic (exact) mass is 438 g/mol. The number of carboxylic acid groups (broad SMARTS) is 1. The molecule has 0 fully saturated rings. The molecule has 0 amide bonds. The molecule has 0 aliphatic heterocycles. The van der Waals surface area contributed by atoms with Crippen LogP contribution in [0.2, 0.25) is 0 Å². The van der Waals surface area contributed by atoms with Gasteiger partial charge in [0.25, 0.3) is 0 Å². The molecule has 0 saturated carbocycles. The predicted molar refractivity (Wildman–Crippen MR) is 103 cm³/mol. The summed E-state index contributed by atoms with van der Waals surface area (Å²) < 4.78 is 53.1. The van der Waals surface area contributed by atoms with Gasteiger partial charge in [0.05, 0.1) is 16.7 Å². The summed E-state index contributed by atoms with van der Waals surface area (Å²) >= 11 is 0.879. The van der Waals surface area contributed by atoms with Crippen molar-refractivity contribution >= 4 is 23.1 Å². The van der Waals surface area contributed by atoms with Gasteiger partial charge in [-0.05, 0) is 42.1 Å². The van der Waals surface area contributed by atoms with E-state index in [1.54, 1.807) is 13.0 Å². The highest BCUT2D eigenvalue weighted by atomic mass is 32.1. The van der Waals surface area contributed by atoms with Gasteiger partial charge in [-0.15, -0.1) is 11.3 Å². The molecule has 30 heavy (non-hydrogen) atoms. The SMILES string of the molecule is Cc1ccc(-c2csc(CC(=O)c3cc(C(F)(F)F)ccc3O)c2C(=O)O)c(F)c1. The average molecular weight is 438 g/mol. The highest BCUT2D eigenvalue weighted by Gasteiger charge is 2.32. The van der Waals surface area contributed by atoms with Crippen LogP contribution in [-0.4, -0.2) is 22.0 Å². The van der Waals surface area contributed by atoms with E-state index in [2.05, 4.69) is 0 Å². The van der Waals surface area contributed by atoms with Crippen LogP contribution >= 0.6 is 11.3 Å². The lowest BCUT2D eigenvalue weighted by molar-refractivity contribution is -0.137. The maximum atomic E-state index is 14.3. The molecule has 4 nitrogen and oxygen atoms in total. The molecule has 1 aromatic heterocycles. The van der Waals surface area contributed by atoms with Gasteiger partial charge in [0.15, 0.2) is 5.78 Å². The zero-order valence-corrected chi connectivity index (χ0v) is 16.2. The first kappa shape index (κ1) is 21.5.